The zero-order chi connectivity index (χ0) is 18.6. The molecule has 1 heterocycles. The first-order valence-electron chi connectivity index (χ1n) is 8.71. The molecular weight excluding hydrogens is 320 g/mol. The number of hydrogen-bond acceptors (Lipinski definition) is 5. The van der Waals surface area contributed by atoms with Gasteiger partial charge in [0.05, 0.1) is 19.8 Å². The van der Waals surface area contributed by atoms with Crippen LogP contribution in [0.3, 0.4) is 0 Å². The normalized spacial score (nSPS) is 21.9. The lowest BCUT2D eigenvalue weighted by molar-refractivity contribution is -0.0238. The zero-order valence-corrected chi connectivity index (χ0v) is 15.9. The van der Waals surface area contributed by atoms with Gasteiger partial charge < -0.3 is 19.5 Å². The summed E-state index contributed by atoms with van der Waals surface area (Å²) in [5, 5.41) is 9.80. The summed E-state index contributed by atoms with van der Waals surface area (Å²) in [6.07, 6.45) is -0.317. The molecule has 140 valence electrons. The van der Waals surface area contributed by atoms with Crippen molar-refractivity contribution in [2.75, 3.05) is 26.8 Å². The predicted octanol–water partition coefficient (Wildman–Crippen LogP) is 2.50. The van der Waals surface area contributed by atoms with E-state index in [1.54, 1.807) is 12.0 Å². The lowest BCUT2D eigenvalue weighted by atomic mass is 10.1. The third kappa shape index (κ3) is 5.34. The lowest BCUT2D eigenvalue weighted by Gasteiger charge is -2.44. The quantitative estimate of drug-likeness (QED) is 0.904. The number of amides is 1. The number of nitrogens with zero attached hydrogens (tertiary/aromatic N) is 2. The number of ether oxygens (including phenoxy) is 2. The minimum Gasteiger partial charge on any atom is -0.497 e. The zero-order valence-electron chi connectivity index (χ0n) is 15.9. The van der Waals surface area contributed by atoms with Gasteiger partial charge in [-0.1, -0.05) is 12.1 Å². The Hall–Kier alpha value is -1.79. The van der Waals surface area contributed by atoms with Gasteiger partial charge in [0.15, 0.2) is 0 Å². The van der Waals surface area contributed by atoms with Crippen molar-refractivity contribution in [1.82, 2.24) is 9.80 Å². The molecule has 1 fully saturated rings. The average Bonchev–Trinajstić information content (AvgIpc) is 2.54. The highest BCUT2D eigenvalue weighted by molar-refractivity contribution is 5.68. The minimum absolute atomic E-state index is 0.00216. The van der Waals surface area contributed by atoms with Gasteiger partial charge in [-0.2, -0.15) is 0 Å². The number of piperazine rings is 1. The first-order valence-corrected chi connectivity index (χ1v) is 8.71. The maximum atomic E-state index is 12.4. The molecule has 25 heavy (non-hydrogen) atoms. The fraction of sp³-hybridized carbons (Fsp3) is 0.632. The highest BCUT2D eigenvalue weighted by Crippen LogP contribution is 2.21. The van der Waals surface area contributed by atoms with Gasteiger partial charge in [0.1, 0.15) is 11.4 Å². The molecule has 1 aromatic rings. The molecule has 1 aliphatic heterocycles. The Morgan fingerprint density at radius 1 is 1.24 bits per heavy atom. The third-order valence-corrected chi connectivity index (χ3v) is 4.34. The van der Waals surface area contributed by atoms with Crippen LogP contribution in [-0.4, -0.2) is 65.5 Å². The topological polar surface area (TPSA) is 62.2 Å². The van der Waals surface area contributed by atoms with E-state index in [0.717, 1.165) is 17.9 Å². The summed E-state index contributed by atoms with van der Waals surface area (Å²) < 4.78 is 10.7. The van der Waals surface area contributed by atoms with E-state index in [-0.39, 0.29) is 24.8 Å². The van der Waals surface area contributed by atoms with E-state index in [4.69, 9.17) is 9.47 Å². The smallest absolute Gasteiger partial charge is 0.410 e. The molecule has 6 nitrogen and oxygen atoms in total. The summed E-state index contributed by atoms with van der Waals surface area (Å²) >= 11 is 0. The van der Waals surface area contributed by atoms with E-state index < -0.39 is 5.60 Å². The van der Waals surface area contributed by atoms with Crippen molar-refractivity contribution in [3.05, 3.63) is 29.8 Å². The van der Waals surface area contributed by atoms with Gasteiger partial charge in [0.25, 0.3) is 0 Å². The van der Waals surface area contributed by atoms with Gasteiger partial charge in [0.2, 0.25) is 0 Å². The van der Waals surface area contributed by atoms with Gasteiger partial charge in [0, 0.05) is 25.7 Å². The van der Waals surface area contributed by atoms with E-state index in [0.29, 0.717) is 13.1 Å². The molecule has 0 spiro atoms. The molecule has 1 amide bonds. The number of rotatable bonds is 4. The van der Waals surface area contributed by atoms with Crippen LogP contribution in [0.1, 0.15) is 33.3 Å². The monoisotopic (exact) mass is 350 g/mol. The van der Waals surface area contributed by atoms with Gasteiger partial charge in [-0.25, -0.2) is 4.79 Å². The Morgan fingerprint density at radius 3 is 2.40 bits per heavy atom. The number of aliphatic hydroxyl groups excluding tert-OH is 1. The molecule has 0 bridgehead atoms. The first-order chi connectivity index (χ1) is 11.7. The second kappa shape index (κ2) is 8.06. The molecule has 6 heteroatoms. The standard InChI is InChI=1S/C19H30N2O4/c1-14-10-20(11-15-6-8-17(24-5)9-7-15)16(13-22)12-21(14)18(23)25-19(2,3)4/h6-9,14,16,22H,10-13H2,1-5H3/t14-,16-/m1/s1. The Balaban J connectivity index is 2.04. The van der Waals surface area contributed by atoms with Crippen LogP contribution in [0.25, 0.3) is 0 Å². The van der Waals surface area contributed by atoms with Gasteiger partial charge in [-0.05, 0) is 45.4 Å². The predicted molar refractivity (Wildman–Crippen MR) is 96.7 cm³/mol. The molecule has 2 rings (SSSR count). The van der Waals surface area contributed by atoms with Gasteiger partial charge >= 0.3 is 6.09 Å². The van der Waals surface area contributed by atoms with E-state index in [9.17, 15) is 9.90 Å². The van der Waals surface area contributed by atoms with Crippen LogP contribution in [0.4, 0.5) is 4.79 Å². The average molecular weight is 350 g/mol. The number of methoxy groups -OCH3 is 1. The molecule has 0 aromatic heterocycles. The number of carbonyl (C=O) groups is 1. The van der Waals surface area contributed by atoms with E-state index in [1.165, 1.54) is 0 Å². The number of carbonyl (C=O) groups excluding carboxylic acids is 1. The second-order valence-corrected chi connectivity index (χ2v) is 7.60. The molecule has 0 radical (unpaired) electrons. The first kappa shape index (κ1) is 19.5. The van der Waals surface area contributed by atoms with Crippen LogP contribution in [0.2, 0.25) is 0 Å². The Labute approximate surface area is 150 Å². The maximum Gasteiger partial charge on any atom is 0.410 e. The Morgan fingerprint density at radius 2 is 1.88 bits per heavy atom. The summed E-state index contributed by atoms with van der Waals surface area (Å²) in [4.78, 5) is 16.3. The maximum absolute atomic E-state index is 12.4. The highest BCUT2D eigenvalue weighted by Gasteiger charge is 2.35. The fourth-order valence-corrected chi connectivity index (χ4v) is 3.02. The van der Waals surface area contributed by atoms with Crippen molar-refractivity contribution in [3.63, 3.8) is 0 Å². The van der Waals surface area contributed by atoms with Crippen LogP contribution in [-0.2, 0) is 11.3 Å². The molecule has 1 saturated heterocycles. The molecular formula is C19H30N2O4. The molecule has 0 aliphatic carbocycles. The summed E-state index contributed by atoms with van der Waals surface area (Å²) in [5.74, 6) is 0.825. The van der Waals surface area contributed by atoms with E-state index in [1.807, 2.05) is 52.0 Å². The SMILES string of the molecule is COc1ccc(CN2C[C@@H](C)N(C(=O)OC(C)(C)C)C[C@@H]2CO)cc1. The number of aliphatic hydroxyl groups is 1. The Bertz CT molecular complexity index is 568. The Kier molecular flexibility index (Phi) is 6.30. The molecule has 1 N–H and O–H groups in total. The van der Waals surface area contributed by atoms with Crippen molar-refractivity contribution in [1.29, 1.82) is 0 Å². The van der Waals surface area contributed by atoms with Gasteiger partial charge in [-0.15, -0.1) is 0 Å². The third-order valence-electron chi connectivity index (χ3n) is 4.34. The van der Waals surface area contributed by atoms with Gasteiger partial charge in [-0.3, -0.25) is 4.90 Å². The van der Waals surface area contributed by atoms with Crippen molar-refractivity contribution >= 4 is 6.09 Å². The van der Waals surface area contributed by atoms with E-state index >= 15 is 0 Å². The summed E-state index contributed by atoms with van der Waals surface area (Å²) in [6.45, 7) is 9.47. The van der Waals surface area contributed by atoms with Crippen LogP contribution >= 0.6 is 0 Å². The molecule has 0 unspecified atom stereocenters. The lowest BCUT2D eigenvalue weighted by Crippen LogP contribution is -2.60. The van der Waals surface area contributed by atoms with Crippen molar-refractivity contribution in [2.24, 2.45) is 0 Å². The molecule has 1 aromatic carbocycles. The molecule has 0 saturated carbocycles. The van der Waals surface area contributed by atoms with Crippen molar-refractivity contribution in [3.8, 4) is 5.75 Å². The number of hydrogen-bond donors (Lipinski definition) is 1. The fourth-order valence-electron chi connectivity index (χ4n) is 3.02. The summed E-state index contributed by atoms with van der Waals surface area (Å²) in [5.41, 5.74) is 0.628. The molecule has 2 atom stereocenters. The van der Waals surface area contributed by atoms with E-state index in [2.05, 4.69) is 4.90 Å². The summed E-state index contributed by atoms with van der Waals surface area (Å²) in [6, 6.07) is 7.84. The van der Waals surface area contributed by atoms with Crippen LogP contribution in [0.15, 0.2) is 24.3 Å². The largest absolute Gasteiger partial charge is 0.497 e. The van der Waals surface area contributed by atoms with Crippen LogP contribution in [0, 0.1) is 0 Å². The number of benzene rings is 1. The molecule has 1 aliphatic rings. The summed E-state index contributed by atoms with van der Waals surface area (Å²) in [7, 11) is 1.65. The van der Waals surface area contributed by atoms with Crippen molar-refractivity contribution in [2.45, 2.75) is 51.9 Å². The highest BCUT2D eigenvalue weighted by atomic mass is 16.6. The van der Waals surface area contributed by atoms with Crippen LogP contribution < -0.4 is 4.74 Å². The minimum atomic E-state index is -0.522. The van der Waals surface area contributed by atoms with Crippen molar-refractivity contribution < 1.29 is 19.4 Å². The second-order valence-electron chi connectivity index (χ2n) is 7.60. The van der Waals surface area contributed by atoms with Crippen LogP contribution in [0.5, 0.6) is 5.75 Å².